The lowest BCUT2D eigenvalue weighted by atomic mass is 10.1. The molecule has 4 heterocycles. The highest BCUT2D eigenvalue weighted by Crippen LogP contribution is 2.37. The molecule has 5 aromatic rings. The Bertz CT molecular complexity index is 1420. The smallest absolute Gasteiger partial charge is 0.258 e. The molecule has 0 spiro atoms. The van der Waals surface area contributed by atoms with Crippen molar-refractivity contribution >= 4 is 61.2 Å². The van der Waals surface area contributed by atoms with E-state index in [1.54, 1.807) is 30.0 Å². The van der Waals surface area contributed by atoms with Crippen molar-refractivity contribution in [1.29, 1.82) is 0 Å². The molecule has 5 rings (SSSR count). The first kappa shape index (κ1) is 18.8. The first-order chi connectivity index (χ1) is 15.1. The largest absolute Gasteiger partial charge is 0.382 e. The van der Waals surface area contributed by atoms with Crippen LogP contribution in [0.5, 0.6) is 0 Å². The normalized spacial score (nSPS) is 11.0. The van der Waals surface area contributed by atoms with Gasteiger partial charge in [-0.1, -0.05) is 6.07 Å². The number of aromatic nitrogens is 5. The van der Waals surface area contributed by atoms with Gasteiger partial charge in [0.05, 0.1) is 27.2 Å². The van der Waals surface area contributed by atoms with E-state index >= 15 is 0 Å². The van der Waals surface area contributed by atoms with E-state index in [2.05, 4.69) is 30.2 Å². The molecule has 0 aliphatic rings. The number of anilines is 4. The molecule has 1 aromatic carbocycles. The van der Waals surface area contributed by atoms with Crippen LogP contribution in [0.3, 0.4) is 0 Å². The first-order valence-electron chi connectivity index (χ1n) is 9.29. The Balaban J connectivity index is 1.62. The van der Waals surface area contributed by atoms with Crippen molar-refractivity contribution in [3.63, 3.8) is 0 Å². The van der Waals surface area contributed by atoms with Gasteiger partial charge in [-0.2, -0.15) is 0 Å². The third kappa shape index (κ3) is 3.28. The van der Waals surface area contributed by atoms with Crippen LogP contribution in [-0.4, -0.2) is 37.9 Å². The minimum atomic E-state index is -0.286. The summed E-state index contributed by atoms with van der Waals surface area (Å²) in [4.78, 5) is 35.9. The molecule has 0 saturated heterocycles. The van der Waals surface area contributed by atoms with E-state index in [1.807, 2.05) is 30.1 Å². The number of nitrogens with one attached hydrogen (secondary N) is 1. The second-order valence-corrected chi connectivity index (χ2v) is 7.60. The minimum Gasteiger partial charge on any atom is -0.382 e. The Morgan fingerprint density at radius 2 is 1.94 bits per heavy atom. The summed E-state index contributed by atoms with van der Waals surface area (Å²) >= 11 is 1.34. The zero-order valence-corrected chi connectivity index (χ0v) is 17.2. The number of pyridine rings is 1. The predicted octanol–water partition coefficient (Wildman–Crippen LogP) is 3.63. The molecule has 0 atom stereocenters. The second kappa shape index (κ2) is 7.58. The number of nitrogens with zero attached hydrogens (tertiary/aromatic N) is 6. The van der Waals surface area contributed by atoms with Crippen LogP contribution >= 0.6 is 11.3 Å². The van der Waals surface area contributed by atoms with E-state index in [4.69, 9.17) is 5.73 Å². The second-order valence-electron chi connectivity index (χ2n) is 6.72. The summed E-state index contributed by atoms with van der Waals surface area (Å²) in [6, 6.07) is 7.55. The summed E-state index contributed by atoms with van der Waals surface area (Å²) in [7, 11) is 1.88. The van der Waals surface area contributed by atoms with E-state index < -0.39 is 0 Å². The summed E-state index contributed by atoms with van der Waals surface area (Å²) in [5.74, 6) is 0.765. The molecular weight excluding hydrogens is 412 g/mol. The molecule has 9 nitrogen and oxygen atoms in total. The zero-order chi connectivity index (χ0) is 21.4. The van der Waals surface area contributed by atoms with Crippen LogP contribution < -0.4 is 16.0 Å². The Kier molecular flexibility index (Phi) is 4.60. The van der Waals surface area contributed by atoms with Crippen LogP contribution in [0, 0.1) is 0 Å². The van der Waals surface area contributed by atoms with Gasteiger partial charge in [-0.05, 0) is 18.2 Å². The Morgan fingerprint density at radius 1 is 1.06 bits per heavy atom. The van der Waals surface area contributed by atoms with Crippen LogP contribution in [-0.2, 0) is 0 Å². The van der Waals surface area contributed by atoms with Gasteiger partial charge in [-0.25, -0.2) is 19.9 Å². The SMILES string of the molecule is CN(c1ccncn1)c1ccc2cnccc2c1NC(=O)c1csc2c(N)ncnc12. The third-order valence-corrected chi connectivity index (χ3v) is 5.93. The number of hydrogen-bond acceptors (Lipinski definition) is 9. The van der Waals surface area contributed by atoms with Crippen LogP contribution in [0.25, 0.3) is 21.0 Å². The summed E-state index contributed by atoms with van der Waals surface area (Å²) in [5.41, 5.74) is 8.32. The number of thiophene rings is 1. The molecule has 0 radical (unpaired) electrons. The first-order valence-corrected chi connectivity index (χ1v) is 10.2. The van der Waals surface area contributed by atoms with Gasteiger partial charge in [0.25, 0.3) is 5.91 Å². The van der Waals surface area contributed by atoms with E-state index in [9.17, 15) is 4.79 Å². The van der Waals surface area contributed by atoms with Crippen molar-refractivity contribution in [2.75, 3.05) is 23.0 Å². The molecule has 1 amide bonds. The Morgan fingerprint density at radius 3 is 2.77 bits per heavy atom. The fourth-order valence-electron chi connectivity index (χ4n) is 3.38. The van der Waals surface area contributed by atoms with Gasteiger partial charge in [-0.15, -0.1) is 11.3 Å². The lowest BCUT2D eigenvalue weighted by Crippen LogP contribution is -2.18. The van der Waals surface area contributed by atoms with Crippen molar-refractivity contribution in [3.05, 3.63) is 66.5 Å². The highest BCUT2D eigenvalue weighted by molar-refractivity contribution is 7.18. The molecule has 3 N–H and O–H groups in total. The number of nitrogen functional groups attached to an aromatic ring is 1. The minimum absolute atomic E-state index is 0.286. The number of benzene rings is 1. The summed E-state index contributed by atoms with van der Waals surface area (Å²) in [6.45, 7) is 0. The standard InChI is InChI=1S/C21H16N8OS/c1-29(16-5-7-24-10-25-16)15-3-2-12-8-23-6-4-13(12)17(15)28-21(30)14-9-31-19-18(14)26-11-27-20(19)22/h2-11H,1H3,(H,28,30)(H2,22,26,27). The van der Waals surface area contributed by atoms with E-state index in [0.717, 1.165) is 16.5 Å². The number of hydrogen-bond donors (Lipinski definition) is 2. The van der Waals surface area contributed by atoms with Crippen LogP contribution in [0.1, 0.15) is 10.4 Å². The molecule has 31 heavy (non-hydrogen) atoms. The number of nitrogens with two attached hydrogens (primary N) is 1. The van der Waals surface area contributed by atoms with Crippen molar-refractivity contribution < 1.29 is 4.79 Å². The van der Waals surface area contributed by atoms with Crippen LogP contribution in [0.2, 0.25) is 0 Å². The van der Waals surface area contributed by atoms with Crippen LogP contribution in [0.15, 0.2) is 60.9 Å². The third-order valence-electron chi connectivity index (χ3n) is 4.93. The lowest BCUT2D eigenvalue weighted by molar-refractivity contribution is 0.102. The fraction of sp³-hybridized carbons (Fsp3) is 0.0476. The monoisotopic (exact) mass is 428 g/mol. The quantitative estimate of drug-likeness (QED) is 0.445. The fourth-order valence-corrected chi connectivity index (χ4v) is 4.29. The van der Waals surface area contributed by atoms with Crippen LogP contribution in [0.4, 0.5) is 23.0 Å². The van der Waals surface area contributed by atoms with Crippen molar-refractivity contribution in [2.24, 2.45) is 0 Å². The number of fused-ring (bicyclic) bond motifs is 2. The number of rotatable bonds is 4. The molecule has 0 fully saturated rings. The van der Waals surface area contributed by atoms with Gasteiger partial charge in [-0.3, -0.25) is 9.78 Å². The molecular formula is C21H16N8OS. The van der Waals surface area contributed by atoms with Gasteiger partial charge in [0.2, 0.25) is 0 Å². The summed E-state index contributed by atoms with van der Waals surface area (Å²) < 4.78 is 0.688. The maximum Gasteiger partial charge on any atom is 0.258 e. The Hall–Kier alpha value is -4.18. The average Bonchev–Trinajstić information content (AvgIpc) is 3.25. The molecule has 0 saturated carbocycles. The summed E-state index contributed by atoms with van der Waals surface area (Å²) in [6.07, 6.45) is 7.97. The predicted molar refractivity (Wildman–Crippen MR) is 122 cm³/mol. The van der Waals surface area contributed by atoms with E-state index in [-0.39, 0.29) is 5.91 Å². The molecule has 4 aromatic heterocycles. The molecule has 152 valence electrons. The van der Waals surface area contributed by atoms with Gasteiger partial charge in [0.1, 0.15) is 24.3 Å². The number of carbonyl (C=O) groups excluding carboxylic acids is 1. The van der Waals surface area contributed by atoms with Gasteiger partial charge in [0.15, 0.2) is 0 Å². The maximum atomic E-state index is 13.3. The van der Waals surface area contributed by atoms with Crippen molar-refractivity contribution in [3.8, 4) is 0 Å². The van der Waals surface area contributed by atoms with Gasteiger partial charge >= 0.3 is 0 Å². The molecule has 0 aliphatic carbocycles. The maximum absolute atomic E-state index is 13.3. The number of amides is 1. The van der Waals surface area contributed by atoms with Gasteiger partial charge < -0.3 is 16.0 Å². The molecule has 10 heteroatoms. The Labute approximate surface area is 180 Å². The van der Waals surface area contributed by atoms with E-state index in [0.29, 0.717) is 33.1 Å². The average molecular weight is 428 g/mol. The van der Waals surface area contributed by atoms with E-state index in [1.165, 1.54) is 24.0 Å². The zero-order valence-electron chi connectivity index (χ0n) is 16.4. The van der Waals surface area contributed by atoms with Crippen molar-refractivity contribution in [1.82, 2.24) is 24.9 Å². The summed E-state index contributed by atoms with van der Waals surface area (Å²) in [5, 5.41) is 6.57. The molecule has 0 aliphatic heterocycles. The topological polar surface area (TPSA) is 123 Å². The highest BCUT2D eigenvalue weighted by Gasteiger charge is 2.20. The van der Waals surface area contributed by atoms with Crippen molar-refractivity contribution in [2.45, 2.75) is 0 Å². The van der Waals surface area contributed by atoms with Gasteiger partial charge in [0, 0.05) is 41.8 Å². The lowest BCUT2D eigenvalue weighted by Gasteiger charge is -2.23. The molecule has 0 unspecified atom stereocenters. The highest BCUT2D eigenvalue weighted by atomic mass is 32.1. The molecule has 0 bridgehead atoms. The number of carbonyl (C=O) groups is 1.